The number of hydrogen-bond donors (Lipinski definition) is 2. The first-order valence-electron chi connectivity index (χ1n) is 12.8. The Kier molecular flexibility index (Phi) is 6.51. The van der Waals surface area contributed by atoms with Gasteiger partial charge in [0, 0.05) is 34.4 Å². The van der Waals surface area contributed by atoms with Crippen LogP contribution in [-0.4, -0.2) is 17.4 Å². The van der Waals surface area contributed by atoms with E-state index in [1.165, 1.54) is 5.56 Å². The molecule has 2 aromatic carbocycles. The molecule has 0 fully saturated rings. The van der Waals surface area contributed by atoms with Crippen molar-refractivity contribution in [1.82, 2.24) is 0 Å². The smallest absolute Gasteiger partial charge is 0.200 e. The monoisotopic (exact) mass is 482 g/mol. The molecule has 0 amide bonds. The Morgan fingerprint density at radius 3 is 2.53 bits per heavy atom. The highest BCUT2D eigenvalue weighted by Crippen LogP contribution is 2.49. The molecule has 0 saturated carbocycles. The third-order valence-corrected chi connectivity index (χ3v) is 7.87. The second-order valence-corrected chi connectivity index (χ2v) is 11.1. The van der Waals surface area contributed by atoms with Crippen molar-refractivity contribution in [2.45, 2.75) is 65.2 Å². The van der Waals surface area contributed by atoms with Crippen LogP contribution in [-0.2, 0) is 15.6 Å². The van der Waals surface area contributed by atoms with Gasteiger partial charge in [0.1, 0.15) is 5.76 Å². The standard InChI is InChI=1S/C32H38N2O2/c1-8-9-16-34-27-15-14-22(33)18-26(27)32(6,7)28(34)19-24-29(35)23(30(24)36)17-21(3)31(4,5)25-13-11-10-12-20(25)2/h10-15,17-19,35H,3,8-9,16,33H2,1-2,4-7H3/b23-17+,28-19-. The minimum Gasteiger partial charge on any atom is -0.506 e. The number of aliphatic hydroxyl groups is 1. The van der Waals surface area contributed by atoms with E-state index >= 15 is 0 Å². The third kappa shape index (κ3) is 4.09. The minimum atomic E-state index is -0.376. The maximum atomic E-state index is 13.3. The predicted molar refractivity (Wildman–Crippen MR) is 150 cm³/mol. The summed E-state index contributed by atoms with van der Waals surface area (Å²) in [6.45, 7) is 17.8. The summed E-state index contributed by atoms with van der Waals surface area (Å²) in [5, 5.41) is 11.0. The van der Waals surface area contributed by atoms with Crippen molar-refractivity contribution in [3.8, 4) is 0 Å². The van der Waals surface area contributed by atoms with Crippen LogP contribution in [0.2, 0.25) is 0 Å². The Morgan fingerprint density at radius 2 is 1.89 bits per heavy atom. The maximum absolute atomic E-state index is 13.3. The van der Waals surface area contributed by atoms with Crippen LogP contribution < -0.4 is 10.6 Å². The van der Waals surface area contributed by atoms with E-state index in [-0.39, 0.29) is 22.4 Å². The summed E-state index contributed by atoms with van der Waals surface area (Å²) in [4.78, 5) is 15.5. The van der Waals surface area contributed by atoms with Gasteiger partial charge in [-0.2, -0.15) is 0 Å². The molecule has 36 heavy (non-hydrogen) atoms. The molecule has 4 heteroatoms. The molecule has 0 unspecified atom stereocenters. The average Bonchev–Trinajstić information content (AvgIpc) is 3.04. The normalized spacial score (nSPS) is 19.2. The first kappa shape index (κ1) is 25.6. The van der Waals surface area contributed by atoms with Gasteiger partial charge in [-0.25, -0.2) is 0 Å². The zero-order valence-electron chi connectivity index (χ0n) is 22.4. The highest BCUT2D eigenvalue weighted by atomic mass is 16.3. The molecule has 188 valence electrons. The Morgan fingerprint density at radius 1 is 1.19 bits per heavy atom. The lowest BCUT2D eigenvalue weighted by Gasteiger charge is -2.31. The first-order valence-corrected chi connectivity index (χ1v) is 12.8. The van der Waals surface area contributed by atoms with E-state index < -0.39 is 0 Å². The number of rotatable bonds is 7. The van der Waals surface area contributed by atoms with Crippen molar-refractivity contribution >= 4 is 17.2 Å². The highest BCUT2D eigenvalue weighted by molar-refractivity contribution is 6.21. The van der Waals surface area contributed by atoms with E-state index in [0.717, 1.165) is 53.2 Å². The zero-order valence-corrected chi connectivity index (χ0v) is 22.4. The zero-order chi connectivity index (χ0) is 26.4. The largest absolute Gasteiger partial charge is 0.506 e. The quantitative estimate of drug-likeness (QED) is 0.323. The fraction of sp³-hybridized carbons (Fsp3) is 0.344. The Hall–Kier alpha value is -3.53. The van der Waals surface area contributed by atoms with Crippen LogP contribution in [0.5, 0.6) is 0 Å². The van der Waals surface area contributed by atoms with Gasteiger partial charge in [0.2, 0.25) is 5.78 Å². The number of carbonyl (C=O) groups excluding carboxylic acids is 1. The van der Waals surface area contributed by atoms with Gasteiger partial charge in [-0.1, -0.05) is 71.9 Å². The summed E-state index contributed by atoms with van der Waals surface area (Å²) in [5.41, 5.74) is 13.2. The van der Waals surface area contributed by atoms with Gasteiger partial charge in [0.05, 0.1) is 11.1 Å². The van der Waals surface area contributed by atoms with Crippen molar-refractivity contribution in [3.63, 3.8) is 0 Å². The molecule has 1 heterocycles. The molecule has 2 aromatic rings. The second-order valence-electron chi connectivity index (χ2n) is 11.1. The maximum Gasteiger partial charge on any atom is 0.200 e. The number of carbonyl (C=O) groups is 1. The average molecular weight is 483 g/mol. The van der Waals surface area contributed by atoms with Crippen LogP contribution >= 0.6 is 0 Å². The van der Waals surface area contributed by atoms with E-state index in [0.29, 0.717) is 11.1 Å². The number of nitrogens with two attached hydrogens (primary N) is 1. The molecule has 2 aliphatic rings. The number of aryl methyl sites for hydroxylation is 1. The molecule has 4 rings (SSSR count). The molecule has 0 saturated heterocycles. The summed E-state index contributed by atoms with van der Waals surface area (Å²) < 4.78 is 0. The van der Waals surface area contributed by atoms with Gasteiger partial charge < -0.3 is 15.7 Å². The van der Waals surface area contributed by atoms with E-state index in [1.807, 2.05) is 30.3 Å². The van der Waals surface area contributed by atoms with Crippen molar-refractivity contribution in [2.24, 2.45) is 0 Å². The van der Waals surface area contributed by atoms with Gasteiger partial charge >= 0.3 is 0 Å². The van der Waals surface area contributed by atoms with E-state index in [2.05, 4.69) is 71.2 Å². The number of unbranched alkanes of at least 4 members (excludes halogenated alkanes) is 1. The molecule has 0 spiro atoms. The van der Waals surface area contributed by atoms with E-state index in [4.69, 9.17) is 5.73 Å². The Labute approximate surface area is 215 Å². The van der Waals surface area contributed by atoms with Gasteiger partial charge in [0.25, 0.3) is 0 Å². The van der Waals surface area contributed by atoms with Gasteiger partial charge in [-0.3, -0.25) is 4.79 Å². The SMILES string of the molecule is C=C(/C=C1/C(=O)C(/C=C2\N(CCCC)c3ccc(N)cc3C2(C)C)=C1O)C(C)(C)c1ccccc1C. The van der Waals surface area contributed by atoms with Crippen LogP contribution in [0.3, 0.4) is 0 Å². The molecular formula is C32H38N2O2. The summed E-state index contributed by atoms with van der Waals surface area (Å²) in [6, 6.07) is 14.2. The van der Waals surface area contributed by atoms with Crippen molar-refractivity contribution < 1.29 is 9.90 Å². The lowest BCUT2D eigenvalue weighted by atomic mass is 9.74. The minimum absolute atomic E-state index is 0.0379. The van der Waals surface area contributed by atoms with Crippen LogP contribution in [0.15, 0.2) is 89.4 Å². The number of benzene rings is 2. The third-order valence-electron chi connectivity index (χ3n) is 7.87. The number of nitrogen functional groups attached to an aromatic ring is 1. The Balaban J connectivity index is 1.71. The molecular weight excluding hydrogens is 444 g/mol. The number of anilines is 2. The van der Waals surface area contributed by atoms with Crippen molar-refractivity contribution in [2.75, 3.05) is 17.2 Å². The van der Waals surface area contributed by atoms with Gasteiger partial charge in [-0.05, 0) is 66.0 Å². The predicted octanol–water partition coefficient (Wildman–Crippen LogP) is 7.21. The molecule has 0 bridgehead atoms. The van der Waals surface area contributed by atoms with Gasteiger partial charge in [0.15, 0.2) is 0 Å². The molecule has 1 aliphatic carbocycles. The van der Waals surface area contributed by atoms with E-state index in [1.54, 1.807) is 6.08 Å². The fourth-order valence-electron chi connectivity index (χ4n) is 5.36. The highest BCUT2D eigenvalue weighted by Gasteiger charge is 2.42. The molecule has 0 radical (unpaired) electrons. The number of Topliss-reactive ketones (excluding diaryl/α,β-unsaturated/α-hetero) is 1. The lowest BCUT2D eigenvalue weighted by molar-refractivity contribution is -0.113. The fourth-order valence-corrected chi connectivity index (χ4v) is 5.36. The molecule has 4 nitrogen and oxygen atoms in total. The van der Waals surface area contributed by atoms with Crippen LogP contribution in [0, 0.1) is 6.92 Å². The number of allylic oxidation sites excluding steroid dienone is 6. The topological polar surface area (TPSA) is 66.6 Å². The van der Waals surface area contributed by atoms with Crippen LogP contribution in [0.25, 0.3) is 0 Å². The number of aliphatic hydroxyl groups excluding tert-OH is 1. The summed E-state index contributed by atoms with van der Waals surface area (Å²) >= 11 is 0. The van der Waals surface area contributed by atoms with Crippen LogP contribution in [0.4, 0.5) is 11.4 Å². The number of fused-ring (bicyclic) bond motifs is 1. The van der Waals surface area contributed by atoms with Crippen molar-refractivity contribution in [1.29, 1.82) is 0 Å². The lowest BCUT2D eigenvalue weighted by Crippen LogP contribution is -2.30. The first-order chi connectivity index (χ1) is 16.9. The second kappa shape index (κ2) is 9.16. The van der Waals surface area contributed by atoms with Gasteiger partial charge in [-0.15, -0.1) is 0 Å². The van der Waals surface area contributed by atoms with Crippen LogP contribution in [0.1, 0.15) is 64.2 Å². The van der Waals surface area contributed by atoms with E-state index in [9.17, 15) is 9.90 Å². The number of hydrogen-bond acceptors (Lipinski definition) is 4. The summed E-state index contributed by atoms with van der Waals surface area (Å²) in [7, 11) is 0. The van der Waals surface area contributed by atoms with Crippen molar-refractivity contribution in [3.05, 3.63) is 106 Å². The number of nitrogens with zero attached hydrogens (tertiary/aromatic N) is 1. The summed E-state index contributed by atoms with van der Waals surface area (Å²) in [5.74, 6) is -0.112. The molecule has 0 aromatic heterocycles. The summed E-state index contributed by atoms with van der Waals surface area (Å²) in [6.07, 6.45) is 5.70. The molecule has 1 aliphatic heterocycles. The Bertz CT molecular complexity index is 1340. The molecule has 0 atom stereocenters. The molecule has 3 N–H and O–H groups in total. The number of ketones is 1.